The molecule has 4 rings (SSSR count). The normalized spacial score (nSPS) is 11.8. The van der Waals surface area contributed by atoms with Gasteiger partial charge < -0.3 is 10.1 Å². The fourth-order valence-electron chi connectivity index (χ4n) is 3.57. The van der Waals surface area contributed by atoms with E-state index in [1.807, 2.05) is 6.92 Å². The molecule has 8 nitrogen and oxygen atoms in total. The minimum Gasteiger partial charge on any atom is -0.497 e. The minimum atomic E-state index is -4.77. The molecule has 3 heterocycles. The molecule has 1 aromatic carbocycles. The monoisotopic (exact) mass is 492 g/mol. The third-order valence-electron chi connectivity index (χ3n) is 5.51. The largest absolute Gasteiger partial charge is 0.497 e. The van der Waals surface area contributed by atoms with Crippen molar-refractivity contribution in [3.63, 3.8) is 0 Å². The van der Waals surface area contributed by atoms with Crippen molar-refractivity contribution < 1.29 is 22.7 Å². The van der Waals surface area contributed by atoms with Crippen LogP contribution in [0.25, 0.3) is 16.9 Å². The first-order chi connectivity index (χ1) is 16.0. The molecule has 4 aromatic rings. The summed E-state index contributed by atoms with van der Waals surface area (Å²) >= 11 is 6.32. The molecule has 0 saturated heterocycles. The fourth-order valence-corrected chi connectivity index (χ4v) is 3.82. The molecule has 1 amide bonds. The third-order valence-corrected chi connectivity index (χ3v) is 5.86. The van der Waals surface area contributed by atoms with E-state index in [-0.39, 0.29) is 28.6 Å². The zero-order valence-corrected chi connectivity index (χ0v) is 19.4. The second kappa shape index (κ2) is 8.64. The van der Waals surface area contributed by atoms with E-state index in [4.69, 9.17) is 16.3 Å². The van der Waals surface area contributed by atoms with E-state index in [1.165, 1.54) is 7.11 Å². The first-order valence-corrected chi connectivity index (χ1v) is 10.5. The molecule has 0 spiro atoms. The molecule has 0 aliphatic carbocycles. The molecule has 0 atom stereocenters. The van der Waals surface area contributed by atoms with Crippen LogP contribution in [-0.2, 0) is 19.8 Å². The van der Waals surface area contributed by atoms with Crippen molar-refractivity contribution >= 4 is 23.2 Å². The van der Waals surface area contributed by atoms with Crippen LogP contribution in [-0.4, -0.2) is 37.4 Å². The number of nitrogens with one attached hydrogen (secondary N) is 1. The van der Waals surface area contributed by atoms with Crippen LogP contribution >= 0.6 is 11.6 Å². The Morgan fingerprint density at radius 3 is 2.41 bits per heavy atom. The zero-order valence-electron chi connectivity index (χ0n) is 18.7. The van der Waals surface area contributed by atoms with Crippen LogP contribution in [0.1, 0.15) is 33.1 Å². The summed E-state index contributed by atoms with van der Waals surface area (Å²) < 4.78 is 48.9. The summed E-state index contributed by atoms with van der Waals surface area (Å²) in [5.74, 6) is -0.182. The van der Waals surface area contributed by atoms with Gasteiger partial charge in [0.2, 0.25) is 0 Å². The molecule has 3 aromatic heterocycles. The number of halogens is 4. The summed E-state index contributed by atoms with van der Waals surface area (Å²) in [6.07, 6.45) is -4.77. The minimum absolute atomic E-state index is 0.0258. The Morgan fingerprint density at radius 2 is 1.85 bits per heavy atom. The number of hydrogen-bond acceptors (Lipinski definition) is 5. The van der Waals surface area contributed by atoms with Crippen molar-refractivity contribution in [1.29, 1.82) is 0 Å². The van der Waals surface area contributed by atoms with Gasteiger partial charge in [0.15, 0.2) is 17.0 Å². The molecular weight excluding hydrogens is 473 g/mol. The average Bonchev–Trinajstić information content (AvgIpc) is 3.26. The first kappa shape index (κ1) is 23.6. The van der Waals surface area contributed by atoms with Gasteiger partial charge in [0.1, 0.15) is 10.8 Å². The Morgan fingerprint density at radius 1 is 1.18 bits per heavy atom. The Hall–Kier alpha value is -3.60. The number of carbonyl (C=O) groups is 1. The summed E-state index contributed by atoms with van der Waals surface area (Å²) in [5.41, 5.74) is 1.08. The summed E-state index contributed by atoms with van der Waals surface area (Å²) in [4.78, 5) is 17.1. The lowest BCUT2D eigenvalue weighted by atomic mass is 10.1. The van der Waals surface area contributed by atoms with Crippen molar-refractivity contribution in [1.82, 2.24) is 29.7 Å². The second-order valence-electron chi connectivity index (χ2n) is 7.61. The van der Waals surface area contributed by atoms with Crippen LogP contribution in [0.2, 0.25) is 5.02 Å². The van der Waals surface area contributed by atoms with Crippen LogP contribution in [0.15, 0.2) is 30.3 Å². The van der Waals surface area contributed by atoms with E-state index in [0.29, 0.717) is 15.8 Å². The number of hydrogen-bond donors (Lipinski definition) is 1. The lowest BCUT2D eigenvalue weighted by Gasteiger charge is -2.11. The molecule has 0 aliphatic heterocycles. The Balaban J connectivity index is 1.75. The molecule has 0 bridgehead atoms. The molecule has 1 N–H and O–H groups in total. The van der Waals surface area contributed by atoms with Gasteiger partial charge in [-0.2, -0.15) is 23.4 Å². The number of rotatable bonds is 5. The van der Waals surface area contributed by atoms with Gasteiger partial charge in [0.05, 0.1) is 18.5 Å². The molecular formula is C22H20ClF3N6O2. The summed E-state index contributed by atoms with van der Waals surface area (Å²) in [5, 5.41) is 10.5. The Kier molecular flexibility index (Phi) is 5.98. The number of carbonyl (C=O) groups excluding carboxylic acids is 1. The number of alkyl halides is 3. The predicted molar refractivity (Wildman–Crippen MR) is 119 cm³/mol. The topological polar surface area (TPSA) is 86.3 Å². The maximum Gasteiger partial charge on any atom is 0.433 e. The van der Waals surface area contributed by atoms with Gasteiger partial charge in [-0.05, 0) is 44.2 Å². The quantitative estimate of drug-likeness (QED) is 0.447. The number of ether oxygens (including phenoxy) is 1. The zero-order chi connectivity index (χ0) is 24.8. The molecule has 34 heavy (non-hydrogen) atoms. The van der Waals surface area contributed by atoms with E-state index in [0.717, 1.165) is 23.0 Å². The highest BCUT2D eigenvalue weighted by atomic mass is 35.5. The number of aromatic nitrogens is 5. The van der Waals surface area contributed by atoms with Crippen LogP contribution in [0.4, 0.5) is 13.2 Å². The van der Waals surface area contributed by atoms with E-state index < -0.39 is 17.8 Å². The molecule has 0 saturated carbocycles. The van der Waals surface area contributed by atoms with E-state index in [9.17, 15) is 18.0 Å². The maximum atomic E-state index is 13.9. The standard InChI is InChI=1S/C22H20ClF3N6O2/c1-11-15(12(2)31(3)29-11)10-27-21(33)19-18(23)20-28-16(13-5-7-14(34-4)8-6-13)9-17(22(24,25)26)32(20)30-19/h5-9H,10H2,1-4H3,(H,27,33). The molecule has 0 fully saturated rings. The SMILES string of the molecule is COc1ccc(-c2cc(C(F)(F)F)n3nc(C(=O)NCc4c(C)nn(C)c4C)c(Cl)c3n2)cc1. The lowest BCUT2D eigenvalue weighted by molar-refractivity contribution is -0.142. The van der Waals surface area contributed by atoms with Gasteiger partial charge in [-0.3, -0.25) is 9.48 Å². The molecule has 178 valence electrons. The fraction of sp³-hybridized carbons (Fsp3) is 0.273. The summed E-state index contributed by atoms with van der Waals surface area (Å²) in [7, 11) is 3.26. The van der Waals surface area contributed by atoms with Gasteiger partial charge in [0.25, 0.3) is 5.91 Å². The first-order valence-electron chi connectivity index (χ1n) is 10.1. The van der Waals surface area contributed by atoms with Gasteiger partial charge in [0, 0.05) is 30.4 Å². The molecule has 0 radical (unpaired) electrons. The van der Waals surface area contributed by atoms with E-state index in [2.05, 4.69) is 20.5 Å². The second-order valence-corrected chi connectivity index (χ2v) is 7.98. The van der Waals surface area contributed by atoms with Gasteiger partial charge in [-0.15, -0.1) is 0 Å². The number of nitrogens with zero attached hydrogens (tertiary/aromatic N) is 5. The van der Waals surface area contributed by atoms with Gasteiger partial charge in [-0.25, -0.2) is 9.50 Å². The lowest BCUT2D eigenvalue weighted by Crippen LogP contribution is -2.24. The molecule has 12 heteroatoms. The third kappa shape index (κ3) is 4.18. The summed E-state index contributed by atoms with van der Waals surface area (Å²) in [6.45, 7) is 3.76. The summed E-state index contributed by atoms with van der Waals surface area (Å²) in [6, 6.07) is 7.23. The number of aryl methyl sites for hydroxylation is 2. The predicted octanol–water partition coefficient (Wildman–Crippen LogP) is 4.36. The van der Waals surface area contributed by atoms with Gasteiger partial charge >= 0.3 is 6.18 Å². The van der Waals surface area contributed by atoms with Crippen LogP contribution in [0.3, 0.4) is 0 Å². The van der Waals surface area contributed by atoms with Crippen molar-refractivity contribution in [2.45, 2.75) is 26.6 Å². The number of fused-ring (bicyclic) bond motifs is 1. The Labute approximate surface area is 197 Å². The van der Waals surface area contributed by atoms with E-state index in [1.54, 1.807) is 42.9 Å². The number of amides is 1. The van der Waals surface area contributed by atoms with E-state index >= 15 is 0 Å². The highest BCUT2D eigenvalue weighted by molar-refractivity contribution is 6.36. The Bertz CT molecular complexity index is 1390. The van der Waals surface area contributed by atoms with Crippen LogP contribution < -0.4 is 10.1 Å². The number of benzene rings is 1. The van der Waals surface area contributed by atoms with Crippen molar-refractivity contribution in [2.75, 3.05) is 7.11 Å². The molecule has 0 unspecified atom stereocenters. The van der Waals surface area contributed by atoms with Crippen LogP contribution in [0.5, 0.6) is 5.75 Å². The van der Waals surface area contributed by atoms with Crippen molar-refractivity contribution in [3.8, 4) is 17.0 Å². The van der Waals surface area contributed by atoms with Crippen LogP contribution in [0, 0.1) is 13.8 Å². The van der Waals surface area contributed by atoms with Gasteiger partial charge in [-0.1, -0.05) is 11.6 Å². The average molecular weight is 493 g/mol. The molecule has 0 aliphatic rings. The number of methoxy groups -OCH3 is 1. The highest BCUT2D eigenvalue weighted by Gasteiger charge is 2.36. The van der Waals surface area contributed by atoms with Crippen molar-refractivity contribution in [3.05, 3.63) is 63.7 Å². The smallest absolute Gasteiger partial charge is 0.433 e. The maximum absolute atomic E-state index is 13.9. The van der Waals surface area contributed by atoms with Crippen molar-refractivity contribution in [2.24, 2.45) is 7.05 Å². The highest BCUT2D eigenvalue weighted by Crippen LogP contribution is 2.35.